The molecule has 0 aliphatic heterocycles. The molecule has 0 spiro atoms. The third-order valence-electron chi connectivity index (χ3n) is 5.98. The van der Waals surface area contributed by atoms with E-state index in [-0.39, 0.29) is 17.2 Å². The Hall–Kier alpha value is -4.45. The number of benzene rings is 4. The Balaban J connectivity index is 1.56. The lowest BCUT2D eigenvalue weighted by molar-refractivity contribution is 0.284. The Bertz CT molecular complexity index is 1810. The van der Waals surface area contributed by atoms with Gasteiger partial charge in [-0.15, -0.1) is 0 Å². The van der Waals surface area contributed by atoms with Crippen LogP contribution in [0.3, 0.4) is 0 Å². The Morgan fingerprint density at radius 2 is 1.79 bits per heavy atom. The minimum absolute atomic E-state index is 0.123. The predicted octanol–water partition coefficient (Wildman–Crippen LogP) is 6.82. The van der Waals surface area contributed by atoms with Gasteiger partial charge in [-0.05, 0) is 40.2 Å². The van der Waals surface area contributed by atoms with Crippen LogP contribution in [0.5, 0.6) is 11.5 Å². The smallest absolute Gasteiger partial charge is 0.282 e. The fourth-order valence-electron chi connectivity index (χ4n) is 4.01. The third-order valence-corrected chi connectivity index (χ3v) is 7.43. The van der Waals surface area contributed by atoms with E-state index in [4.69, 9.17) is 26.1 Å². The van der Waals surface area contributed by atoms with Crippen LogP contribution >= 0.6 is 27.5 Å². The lowest BCUT2D eigenvalue weighted by atomic mass is 10.1. The normalized spacial score (nSPS) is 11.0. The molecule has 0 fully saturated rings. The van der Waals surface area contributed by atoms with Gasteiger partial charge in [-0.1, -0.05) is 72.3 Å². The molecule has 0 bridgehead atoms. The number of fused-ring (bicyclic) bond motifs is 1. The molecular weight excluding hydrogens is 580 g/mol. The molecule has 0 radical (unpaired) electrons. The maximum Gasteiger partial charge on any atom is 0.282 e. The molecule has 7 nitrogen and oxygen atoms in total. The number of ether oxygens (including phenoxy) is 2. The first-order valence-electron chi connectivity index (χ1n) is 11.8. The molecule has 0 aliphatic carbocycles. The highest BCUT2D eigenvalue weighted by Crippen LogP contribution is 2.42. The van der Waals surface area contributed by atoms with Crippen molar-refractivity contribution in [3.8, 4) is 29.0 Å². The molecule has 5 aromatic rings. The third kappa shape index (κ3) is 5.28. The second-order valence-electron chi connectivity index (χ2n) is 8.36. The molecule has 0 atom stereocenters. The number of nitriles is 1. The lowest BCUT2D eigenvalue weighted by Gasteiger charge is -2.15. The minimum Gasteiger partial charge on any atom is -0.493 e. The van der Waals surface area contributed by atoms with Crippen LogP contribution < -0.4 is 15.0 Å². The Morgan fingerprint density at radius 3 is 2.56 bits per heavy atom. The monoisotopic (exact) mass is 598 g/mol. The van der Waals surface area contributed by atoms with Crippen LogP contribution in [0.15, 0.2) is 99.3 Å². The standard InChI is InChI=1S/C30H20BrClN4O3/c1-38-25-15-22(26(31)27(32)28(25)39-18-21-12-6-5-11-20(21)16-33)17-34-36-29(19-9-3-2-4-10-19)35-24-14-8-7-13-23(24)30(36)37/h2-15,17H,18H2,1H3. The number of para-hydroxylation sites is 1. The van der Waals surface area contributed by atoms with Gasteiger partial charge in [-0.25, -0.2) is 4.98 Å². The van der Waals surface area contributed by atoms with Crippen molar-refractivity contribution in [2.45, 2.75) is 6.61 Å². The van der Waals surface area contributed by atoms with Crippen molar-refractivity contribution in [1.82, 2.24) is 9.66 Å². The van der Waals surface area contributed by atoms with Crippen molar-refractivity contribution in [1.29, 1.82) is 5.26 Å². The van der Waals surface area contributed by atoms with Gasteiger partial charge in [0, 0.05) is 21.2 Å². The Morgan fingerprint density at radius 1 is 1.08 bits per heavy atom. The van der Waals surface area contributed by atoms with Gasteiger partial charge in [0.25, 0.3) is 5.56 Å². The SMILES string of the molecule is COc1cc(C=Nn2c(-c3ccccc3)nc3ccccc3c2=O)c(Br)c(Cl)c1OCc1ccccc1C#N. The molecule has 39 heavy (non-hydrogen) atoms. The number of halogens is 2. The molecule has 1 heterocycles. The summed E-state index contributed by atoms with van der Waals surface area (Å²) >= 11 is 10.2. The van der Waals surface area contributed by atoms with Gasteiger partial charge in [-0.2, -0.15) is 15.0 Å². The average Bonchev–Trinajstić information content (AvgIpc) is 2.98. The number of aromatic nitrogens is 2. The summed E-state index contributed by atoms with van der Waals surface area (Å²) in [5.41, 5.74) is 2.81. The van der Waals surface area contributed by atoms with Gasteiger partial charge < -0.3 is 9.47 Å². The average molecular weight is 600 g/mol. The summed E-state index contributed by atoms with van der Waals surface area (Å²) in [6.07, 6.45) is 1.51. The van der Waals surface area contributed by atoms with Crippen LogP contribution in [0.4, 0.5) is 0 Å². The van der Waals surface area contributed by atoms with Crippen molar-refractivity contribution in [2.24, 2.45) is 5.10 Å². The largest absolute Gasteiger partial charge is 0.493 e. The molecule has 0 saturated carbocycles. The highest BCUT2D eigenvalue weighted by molar-refractivity contribution is 9.10. The summed E-state index contributed by atoms with van der Waals surface area (Å²) in [7, 11) is 1.50. The highest BCUT2D eigenvalue weighted by atomic mass is 79.9. The molecule has 0 N–H and O–H groups in total. The van der Waals surface area contributed by atoms with Crippen molar-refractivity contribution >= 4 is 44.6 Å². The summed E-state index contributed by atoms with van der Waals surface area (Å²) in [5, 5.41) is 14.6. The predicted molar refractivity (Wildman–Crippen MR) is 156 cm³/mol. The zero-order valence-corrected chi connectivity index (χ0v) is 23.0. The van der Waals surface area contributed by atoms with Crippen LogP contribution in [0.1, 0.15) is 16.7 Å². The van der Waals surface area contributed by atoms with Gasteiger partial charge in [0.1, 0.15) is 11.6 Å². The zero-order valence-electron chi connectivity index (χ0n) is 20.6. The van der Waals surface area contributed by atoms with Gasteiger partial charge in [0.05, 0.1) is 35.9 Å². The van der Waals surface area contributed by atoms with E-state index in [0.29, 0.717) is 43.8 Å². The number of rotatable bonds is 7. The zero-order chi connectivity index (χ0) is 27.4. The fourth-order valence-corrected chi connectivity index (χ4v) is 4.67. The molecule has 9 heteroatoms. The molecule has 192 valence electrons. The topological polar surface area (TPSA) is 89.5 Å². The van der Waals surface area contributed by atoms with Gasteiger partial charge >= 0.3 is 0 Å². The molecule has 4 aromatic carbocycles. The highest BCUT2D eigenvalue weighted by Gasteiger charge is 2.18. The molecule has 1 aromatic heterocycles. The van der Waals surface area contributed by atoms with E-state index in [2.05, 4.69) is 27.1 Å². The first kappa shape index (κ1) is 26.2. The van der Waals surface area contributed by atoms with Crippen LogP contribution in [0.25, 0.3) is 22.3 Å². The first-order chi connectivity index (χ1) is 19.0. The van der Waals surface area contributed by atoms with E-state index in [0.717, 1.165) is 11.1 Å². The van der Waals surface area contributed by atoms with Gasteiger partial charge in [-0.3, -0.25) is 4.79 Å². The number of nitrogens with zero attached hydrogens (tertiary/aromatic N) is 4. The van der Waals surface area contributed by atoms with Crippen LogP contribution in [0.2, 0.25) is 5.02 Å². The molecule has 0 unspecified atom stereocenters. The summed E-state index contributed by atoms with van der Waals surface area (Å²) < 4.78 is 13.3. The summed E-state index contributed by atoms with van der Waals surface area (Å²) in [6.45, 7) is 0.123. The van der Waals surface area contributed by atoms with E-state index in [1.807, 2.05) is 48.5 Å². The van der Waals surface area contributed by atoms with E-state index >= 15 is 0 Å². The van der Waals surface area contributed by atoms with E-state index < -0.39 is 0 Å². The maximum atomic E-state index is 13.4. The maximum absolute atomic E-state index is 13.4. The van der Waals surface area contributed by atoms with Crippen LogP contribution in [-0.4, -0.2) is 23.0 Å². The van der Waals surface area contributed by atoms with Crippen molar-refractivity contribution in [3.05, 3.63) is 121 Å². The first-order valence-corrected chi connectivity index (χ1v) is 13.0. The molecule has 0 aliphatic rings. The number of hydrogen-bond donors (Lipinski definition) is 0. The van der Waals surface area contributed by atoms with E-state index in [9.17, 15) is 10.1 Å². The van der Waals surface area contributed by atoms with Gasteiger partial charge in [0.2, 0.25) is 0 Å². The van der Waals surface area contributed by atoms with Crippen molar-refractivity contribution in [3.63, 3.8) is 0 Å². The quantitative estimate of drug-likeness (QED) is 0.192. The van der Waals surface area contributed by atoms with Crippen LogP contribution in [0, 0.1) is 11.3 Å². The molecule has 0 saturated heterocycles. The van der Waals surface area contributed by atoms with E-state index in [1.165, 1.54) is 18.0 Å². The molecular formula is C30H20BrClN4O3. The summed E-state index contributed by atoms with van der Waals surface area (Å²) in [4.78, 5) is 18.2. The summed E-state index contributed by atoms with van der Waals surface area (Å²) in [6, 6.07) is 27.5. The van der Waals surface area contributed by atoms with Crippen molar-refractivity contribution in [2.75, 3.05) is 7.11 Å². The lowest BCUT2D eigenvalue weighted by Crippen LogP contribution is -2.20. The fraction of sp³-hybridized carbons (Fsp3) is 0.0667. The molecule has 0 amide bonds. The second kappa shape index (κ2) is 11.5. The molecule has 5 rings (SSSR count). The Labute approximate surface area is 237 Å². The van der Waals surface area contributed by atoms with Crippen molar-refractivity contribution < 1.29 is 9.47 Å². The van der Waals surface area contributed by atoms with Gasteiger partial charge in [0.15, 0.2) is 17.3 Å². The summed E-state index contributed by atoms with van der Waals surface area (Å²) in [5.74, 6) is 1.08. The Kier molecular flexibility index (Phi) is 7.73. The second-order valence-corrected chi connectivity index (χ2v) is 9.53. The van der Waals surface area contributed by atoms with E-state index in [1.54, 1.807) is 36.4 Å². The number of hydrogen-bond acceptors (Lipinski definition) is 6. The minimum atomic E-state index is -0.305. The van der Waals surface area contributed by atoms with Crippen LogP contribution in [-0.2, 0) is 6.61 Å². The number of methoxy groups -OCH3 is 1.